The minimum absolute atomic E-state index is 0.139. The van der Waals surface area contributed by atoms with Gasteiger partial charge < -0.3 is 19.9 Å². The Hall–Kier alpha value is -3.62. The molecule has 0 fully saturated rings. The first-order valence-electron chi connectivity index (χ1n) is 8.31. The maximum absolute atomic E-state index is 12.5. The lowest BCUT2D eigenvalue weighted by atomic mass is 10.2. The lowest BCUT2D eigenvalue weighted by molar-refractivity contribution is -0.122. The highest BCUT2D eigenvalue weighted by Crippen LogP contribution is 2.32. The molecule has 3 aromatic rings. The summed E-state index contributed by atoms with van der Waals surface area (Å²) < 4.78 is 12.5. The van der Waals surface area contributed by atoms with Crippen LogP contribution in [0.15, 0.2) is 35.0 Å². The molecule has 1 aliphatic rings. The topological polar surface area (TPSA) is 111 Å². The predicted octanol–water partition coefficient (Wildman–Crippen LogP) is 2.36. The monoisotopic (exact) mass is 367 g/mol. The van der Waals surface area contributed by atoms with Crippen LogP contribution in [0.3, 0.4) is 0 Å². The van der Waals surface area contributed by atoms with Gasteiger partial charge in [0.05, 0.1) is 17.4 Å². The highest BCUT2D eigenvalue weighted by atomic mass is 16.5. The van der Waals surface area contributed by atoms with Crippen molar-refractivity contribution in [3.8, 4) is 17.1 Å². The first kappa shape index (κ1) is 16.8. The molecule has 9 heteroatoms. The summed E-state index contributed by atoms with van der Waals surface area (Å²) in [5, 5.41) is 13.4. The van der Waals surface area contributed by atoms with Crippen LogP contribution in [-0.4, -0.2) is 32.9 Å². The van der Waals surface area contributed by atoms with Gasteiger partial charge in [0.25, 0.3) is 11.8 Å². The Kier molecular flexibility index (Phi) is 3.91. The van der Waals surface area contributed by atoms with E-state index in [2.05, 4.69) is 20.9 Å². The standard InChI is InChI=1S/C18H17N5O4/c1-9-12(8-19-23(9)3)16-7-14(22-27-16)18(25)20-11-4-5-15-13(6-11)21-17(24)10(2)26-15/h4-8,10H,1-3H3,(H,20,25)(H,21,24). The number of ether oxygens (including phenoxy) is 1. The number of fused-ring (bicyclic) bond motifs is 1. The Balaban J connectivity index is 1.53. The van der Waals surface area contributed by atoms with E-state index in [0.29, 0.717) is 22.9 Å². The summed E-state index contributed by atoms with van der Waals surface area (Å²) in [6.07, 6.45) is 1.10. The van der Waals surface area contributed by atoms with E-state index in [4.69, 9.17) is 9.26 Å². The third-order valence-corrected chi connectivity index (χ3v) is 4.41. The van der Waals surface area contributed by atoms with Crippen LogP contribution in [0, 0.1) is 6.92 Å². The molecule has 0 radical (unpaired) electrons. The zero-order valence-corrected chi connectivity index (χ0v) is 14.9. The quantitative estimate of drug-likeness (QED) is 0.735. The first-order valence-corrected chi connectivity index (χ1v) is 8.31. The lowest BCUT2D eigenvalue weighted by Gasteiger charge is -2.23. The number of carbonyl (C=O) groups excluding carboxylic acids is 2. The van der Waals surface area contributed by atoms with Crippen molar-refractivity contribution in [1.82, 2.24) is 14.9 Å². The smallest absolute Gasteiger partial charge is 0.277 e. The van der Waals surface area contributed by atoms with Crippen molar-refractivity contribution in [1.29, 1.82) is 0 Å². The third-order valence-electron chi connectivity index (χ3n) is 4.41. The summed E-state index contributed by atoms with van der Waals surface area (Å²) in [6.45, 7) is 3.56. The number of nitrogens with zero attached hydrogens (tertiary/aromatic N) is 3. The second-order valence-corrected chi connectivity index (χ2v) is 6.26. The van der Waals surface area contributed by atoms with Crippen LogP contribution in [-0.2, 0) is 11.8 Å². The van der Waals surface area contributed by atoms with E-state index in [1.807, 2.05) is 14.0 Å². The molecule has 2 N–H and O–H groups in total. The van der Waals surface area contributed by atoms with Gasteiger partial charge in [0, 0.05) is 24.5 Å². The molecule has 1 aromatic carbocycles. The zero-order chi connectivity index (χ0) is 19.1. The van der Waals surface area contributed by atoms with E-state index in [1.165, 1.54) is 0 Å². The van der Waals surface area contributed by atoms with Crippen molar-refractivity contribution >= 4 is 23.2 Å². The normalized spacial score (nSPS) is 15.7. The minimum atomic E-state index is -0.553. The van der Waals surface area contributed by atoms with E-state index in [-0.39, 0.29) is 11.6 Å². The van der Waals surface area contributed by atoms with Crippen molar-refractivity contribution in [2.45, 2.75) is 20.0 Å². The number of benzene rings is 1. The molecule has 3 heterocycles. The molecule has 0 spiro atoms. The van der Waals surface area contributed by atoms with E-state index >= 15 is 0 Å². The van der Waals surface area contributed by atoms with Crippen molar-refractivity contribution < 1.29 is 18.8 Å². The fraction of sp³-hybridized carbons (Fsp3) is 0.222. The van der Waals surface area contributed by atoms with Gasteiger partial charge in [0.1, 0.15) is 5.75 Å². The van der Waals surface area contributed by atoms with E-state index in [9.17, 15) is 9.59 Å². The van der Waals surface area contributed by atoms with Gasteiger partial charge in [-0.2, -0.15) is 5.10 Å². The van der Waals surface area contributed by atoms with Crippen LogP contribution in [0.5, 0.6) is 5.75 Å². The fourth-order valence-electron chi connectivity index (χ4n) is 2.73. The molecular formula is C18H17N5O4. The van der Waals surface area contributed by atoms with E-state index in [0.717, 1.165) is 11.3 Å². The number of nitrogens with one attached hydrogen (secondary N) is 2. The molecule has 2 amide bonds. The summed E-state index contributed by atoms with van der Waals surface area (Å²) in [6, 6.07) is 6.56. The Morgan fingerprint density at radius 3 is 2.89 bits per heavy atom. The number of anilines is 2. The Labute approximate surface area is 154 Å². The molecule has 0 bridgehead atoms. The first-order chi connectivity index (χ1) is 12.9. The fourth-order valence-corrected chi connectivity index (χ4v) is 2.73. The van der Waals surface area contributed by atoms with Crippen LogP contribution in [0.25, 0.3) is 11.3 Å². The molecule has 1 aliphatic heterocycles. The van der Waals surface area contributed by atoms with Gasteiger partial charge in [-0.15, -0.1) is 0 Å². The van der Waals surface area contributed by atoms with E-state index < -0.39 is 12.0 Å². The molecule has 1 atom stereocenters. The molecule has 2 aromatic heterocycles. The second kappa shape index (κ2) is 6.27. The van der Waals surface area contributed by atoms with Gasteiger partial charge in [-0.1, -0.05) is 5.16 Å². The van der Waals surface area contributed by atoms with Crippen molar-refractivity contribution in [3.05, 3.63) is 41.9 Å². The molecule has 27 heavy (non-hydrogen) atoms. The number of rotatable bonds is 3. The summed E-state index contributed by atoms with van der Waals surface area (Å²) in [7, 11) is 1.82. The molecule has 0 saturated carbocycles. The summed E-state index contributed by atoms with van der Waals surface area (Å²) in [5.41, 5.74) is 2.81. The molecule has 1 unspecified atom stereocenters. The van der Waals surface area contributed by atoms with Gasteiger partial charge in [0.2, 0.25) is 0 Å². The largest absolute Gasteiger partial charge is 0.479 e. The van der Waals surface area contributed by atoms with Gasteiger partial charge >= 0.3 is 0 Å². The SMILES string of the molecule is Cc1c(-c2cc(C(=O)Nc3ccc4c(c3)NC(=O)C(C)O4)no2)cnn1C. The van der Waals surface area contributed by atoms with Gasteiger partial charge in [-0.3, -0.25) is 14.3 Å². The highest BCUT2D eigenvalue weighted by molar-refractivity contribution is 6.04. The molecule has 4 rings (SSSR count). The van der Waals surface area contributed by atoms with E-state index in [1.54, 1.807) is 42.1 Å². The number of carbonyl (C=O) groups is 2. The molecule has 0 saturated heterocycles. The molecular weight excluding hydrogens is 350 g/mol. The average Bonchev–Trinajstić information content (AvgIpc) is 3.24. The van der Waals surface area contributed by atoms with Gasteiger partial charge in [0.15, 0.2) is 17.6 Å². The maximum Gasteiger partial charge on any atom is 0.277 e. The lowest BCUT2D eigenvalue weighted by Crippen LogP contribution is -2.34. The van der Waals surface area contributed by atoms with Gasteiger partial charge in [-0.05, 0) is 32.0 Å². The van der Waals surface area contributed by atoms with Crippen molar-refractivity contribution in [2.75, 3.05) is 10.6 Å². The number of aryl methyl sites for hydroxylation is 1. The third kappa shape index (κ3) is 3.03. The summed E-state index contributed by atoms with van der Waals surface area (Å²) in [4.78, 5) is 24.2. The average molecular weight is 367 g/mol. The van der Waals surface area contributed by atoms with Gasteiger partial charge in [-0.25, -0.2) is 0 Å². The number of aromatic nitrogens is 3. The Morgan fingerprint density at radius 2 is 2.15 bits per heavy atom. The minimum Gasteiger partial charge on any atom is -0.479 e. The maximum atomic E-state index is 12.5. The summed E-state index contributed by atoms with van der Waals surface area (Å²) >= 11 is 0. The van der Waals surface area contributed by atoms with Crippen LogP contribution in [0.2, 0.25) is 0 Å². The number of hydrogen-bond donors (Lipinski definition) is 2. The second-order valence-electron chi connectivity index (χ2n) is 6.26. The Bertz CT molecular complexity index is 1050. The summed E-state index contributed by atoms with van der Waals surface area (Å²) in [5.74, 6) is 0.351. The van der Waals surface area contributed by atoms with Crippen LogP contribution >= 0.6 is 0 Å². The predicted molar refractivity (Wildman–Crippen MR) is 96.6 cm³/mol. The van der Waals surface area contributed by atoms with Crippen LogP contribution in [0.1, 0.15) is 23.1 Å². The molecule has 9 nitrogen and oxygen atoms in total. The molecule has 0 aliphatic carbocycles. The van der Waals surface area contributed by atoms with Crippen LogP contribution < -0.4 is 15.4 Å². The van der Waals surface area contributed by atoms with Crippen molar-refractivity contribution in [3.63, 3.8) is 0 Å². The number of hydrogen-bond acceptors (Lipinski definition) is 6. The Morgan fingerprint density at radius 1 is 1.33 bits per heavy atom. The van der Waals surface area contributed by atoms with Crippen LogP contribution in [0.4, 0.5) is 11.4 Å². The number of amides is 2. The van der Waals surface area contributed by atoms with Crippen molar-refractivity contribution in [2.24, 2.45) is 7.05 Å². The highest BCUT2D eigenvalue weighted by Gasteiger charge is 2.24. The molecule has 138 valence electrons. The zero-order valence-electron chi connectivity index (χ0n) is 14.9.